The lowest BCUT2D eigenvalue weighted by atomic mass is 10.00. The number of benzene rings is 1. The molecule has 1 aromatic carbocycles. The van der Waals surface area contributed by atoms with Gasteiger partial charge in [0.25, 0.3) is 5.69 Å². The van der Waals surface area contributed by atoms with Gasteiger partial charge >= 0.3 is 18.0 Å². The topological polar surface area (TPSA) is 168 Å². The maximum atomic E-state index is 11.6. The van der Waals surface area contributed by atoms with Crippen LogP contribution in [0.5, 0.6) is 0 Å². The number of amides is 1. The third-order valence-corrected chi connectivity index (χ3v) is 3.94. The standard InChI is InChI=1S/C14H14N2O9/c17-11(18)10-5-14(12(19)20,7-15(10)13(21)22)25-6-8-3-1-2-4-9(8)16(23)24/h1-4,10H,5-7H2,(H,17,18)(H,19,20)(H,21,22)/t10-,14?/m0/s1. The summed E-state index contributed by atoms with van der Waals surface area (Å²) in [6, 6.07) is 3.92. The number of ether oxygens (including phenoxy) is 1. The summed E-state index contributed by atoms with van der Waals surface area (Å²) in [7, 11) is 0. The molecule has 11 nitrogen and oxygen atoms in total. The smallest absolute Gasteiger partial charge is 0.408 e. The van der Waals surface area contributed by atoms with Crippen LogP contribution in [0, 0.1) is 10.1 Å². The highest BCUT2D eigenvalue weighted by atomic mass is 16.6. The van der Waals surface area contributed by atoms with Gasteiger partial charge in [-0.05, 0) is 6.07 Å². The molecule has 0 bridgehead atoms. The molecule has 134 valence electrons. The van der Waals surface area contributed by atoms with Crippen molar-refractivity contribution in [1.29, 1.82) is 0 Å². The van der Waals surface area contributed by atoms with Crippen LogP contribution in [0.1, 0.15) is 12.0 Å². The molecule has 2 rings (SSSR count). The van der Waals surface area contributed by atoms with Crippen LogP contribution in [0.4, 0.5) is 10.5 Å². The van der Waals surface area contributed by atoms with Crippen molar-refractivity contribution in [2.45, 2.75) is 24.7 Å². The predicted octanol–water partition coefficient (Wildman–Crippen LogP) is 0.772. The predicted molar refractivity (Wildman–Crippen MR) is 79.0 cm³/mol. The fourth-order valence-electron chi connectivity index (χ4n) is 2.64. The quantitative estimate of drug-likeness (QED) is 0.493. The minimum atomic E-state index is -2.11. The van der Waals surface area contributed by atoms with Crippen molar-refractivity contribution in [3.05, 3.63) is 39.9 Å². The van der Waals surface area contributed by atoms with Gasteiger partial charge < -0.3 is 20.1 Å². The number of likely N-dealkylation sites (tertiary alicyclic amines) is 1. The Kier molecular flexibility index (Phi) is 4.88. The van der Waals surface area contributed by atoms with Gasteiger partial charge in [-0.15, -0.1) is 0 Å². The number of carboxylic acids is 2. The molecule has 1 aliphatic heterocycles. The first kappa shape index (κ1) is 18.1. The number of rotatable bonds is 6. The summed E-state index contributed by atoms with van der Waals surface area (Å²) in [5.74, 6) is -3.04. The first-order valence-electron chi connectivity index (χ1n) is 7.00. The Balaban J connectivity index is 2.28. The van der Waals surface area contributed by atoms with Gasteiger partial charge in [-0.3, -0.25) is 15.0 Å². The van der Waals surface area contributed by atoms with Crippen molar-refractivity contribution >= 4 is 23.7 Å². The van der Waals surface area contributed by atoms with E-state index in [0.29, 0.717) is 4.90 Å². The van der Waals surface area contributed by atoms with Crippen LogP contribution >= 0.6 is 0 Å². The average Bonchev–Trinajstić information content (AvgIpc) is 2.95. The van der Waals surface area contributed by atoms with Crippen LogP contribution in [-0.4, -0.2) is 61.4 Å². The van der Waals surface area contributed by atoms with Gasteiger partial charge in [-0.25, -0.2) is 14.4 Å². The summed E-state index contributed by atoms with van der Waals surface area (Å²) in [5.41, 5.74) is -2.30. The molecule has 0 radical (unpaired) electrons. The lowest BCUT2D eigenvalue weighted by molar-refractivity contribution is -0.386. The van der Waals surface area contributed by atoms with E-state index in [1.165, 1.54) is 24.3 Å². The third-order valence-electron chi connectivity index (χ3n) is 3.94. The number of hydrogen-bond donors (Lipinski definition) is 3. The monoisotopic (exact) mass is 354 g/mol. The molecule has 3 N–H and O–H groups in total. The Morgan fingerprint density at radius 3 is 2.40 bits per heavy atom. The molecule has 0 aliphatic carbocycles. The van der Waals surface area contributed by atoms with Gasteiger partial charge in [-0.2, -0.15) is 0 Å². The third kappa shape index (κ3) is 3.50. The van der Waals surface area contributed by atoms with Gasteiger partial charge in [-0.1, -0.05) is 12.1 Å². The molecule has 1 saturated heterocycles. The van der Waals surface area contributed by atoms with E-state index < -0.39 is 54.2 Å². The first-order valence-corrected chi connectivity index (χ1v) is 7.00. The van der Waals surface area contributed by atoms with Crippen molar-refractivity contribution < 1.29 is 39.4 Å². The largest absolute Gasteiger partial charge is 0.480 e. The van der Waals surface area contributed by atoms with Crippen molar-refractivity contribution in [2.24, 2.45) is 0 Å². The summed E-state index contributed by atoms with van der Waals surface area (Å²) in [6.07, 6.45) is -2.20. The Bertz CT molecular complexity index is 711. The fraction of sp³-hybridized carbons (Fsp3) is 0.357. The molecule has 1 heterocycles. The molecule has 2 atom stereocenters. The summed E-state index contributed by atoms with van der Waals surface area (Å²) < 4.78 is 5.32. The number of carbonyl (C=O) groups is 3. The van der Waals surface area contributed by atoms with E-state index >= 15 is 0 Å². The van der Waals surface area contributed by atoms with Crippen molar-refractivity contribution in [3.8, 4) is 0 Å². The van der Waals surface area contributed by atoms with E-state index in [4.69, 9.17) is 14.9 Å². The average molecular weight is 354 g/mol. The highest BCUT2D eigenvalue weighted by Crippen LogP contribution is 2.33. The minimum absolute atomic E-state index is 0.0915. The lowest BCUT2D eigenvalue weighted by Crippen LogP contribution is -2.45. The Hall–Kier alpha value is -3.21. The molecule has 0 aromatic heterocycles. The molecule has 1 fully saturated rings. The van der Waals surface area contributed by atoms with Crippen molar-refractivity contribution in [2.75, 3.05) is 6.54 Å². The van der Waals surface area contributed by atoms with Gasteiger partial charge in [0.05, 0.1) is 23.6 Å². The molecule has 25 heavy (non-hydrogen) atoms. The van der Waals surface area contributed by atoms with Gasteiger partial charge in [0, 0.05) is 12.5 Å². The maximum Gasteiger partial charge on any atom is 0.408 e. The lowest BCUT2D eigenvalue weighted by Gasteiger charge is -2.24. The SMILES string of the molecule is O=C(O)[C@@H]1CC(OCc2ccccc2[N+](=O)[O-])(C(=O)O)CN1C(=O)O. The Morgan fingerprint density at radius 1 is 1.28 bits per heavy atom. The van der Waals surface area contributed by atoms with Crippen LogP contribution in [0.3, 0.4) is 0 Å². The molecule has 1 aromatic rings. The molecular formula is C14H14N2O9. The number of nitro groups is 1. The van der Waals surface area contributed by atoms with E-state index in [1.807, 2.05) is 0 Å². The minimum Gasteiger partial charge on any atom is -0.480 e. The van der Waals surface area contributed by atoms with Gasteiger partial charge in [0.1, 0.15) is 6.04 Å². The normalized spacial score (nSPS) is 22.6. The van der Waals surface area contributed by atoms with Crippen LogP contribution in [0.25, 0.3) is 0 Å². The summed E-state index contributed by atoms with van der Waals surface area (Å²) in [4.78, 5) is 44.8. The van der Waals surface area contributed by atoms with Gasteiger partial charge in [0.2, 0.25) is 0 Å². The Morgan fingerprint density at radius 2 is 1.92 bits per heavy atom. The van der Waals surface area contributed by atoms with E-state index in [1.54, 1.807) is 0 Å². The number of nitrogens with zero attached hydrogens (tertiary/aromatic N) is 2. The Labute approximate surface area is 140 Å². The second-order valence-electron chi connectivity index (χ2n) is 5.44. The molecule has 1 amide bonds. The number of aliphatic carboxylic acids is 2. The zero-order valence-electron chi connectivity index (χ0n) is 12.7. The first-order chi connectivity index (χ1) is 11.7. The zero-order valence-corrected chi connectivity index (χ0v) is 12.7. The molecule has 0 saturated carbocycles. The summed E-state index contributed by atoms with van der Waals surface area (Å²) in [6.45, 7) is -1.18. The van der Waals surface area contributed by atoms with E-state index in [2.05, 4.69) is 0 Å². The number of hydrogen-bond acceptors (Lipinski definition) is 6. The van der Waals surface area contributed by atoms with Crippen LogP contribution in [-0.2, 0) is 20.9 Å². The summed E-state index contributed by atoms with van der Waals surface area (Å²) in [5, 5.41) is 38.6. The van der Waals surface area contributed by atoms with E-state index in [0.717, 1.165) is 0 Å². The number of carboxylic acid groups (broad SMARTS) is 3. The van der Waals surface area contributed by atoms with Crippen LogP contribution in [0.2, 0.25) is 0 Å². The van der Waals surface area contributed by atoms with Crippen LogP contribution < -0.4 is 0 Å². The maximum absolute atomic E-state index is 11.6. The fourth-order valence-corrected chi connectivity index (χ4v) is 2.64. The molecule has 11 heteroatoms. The van der Waals surface area contributed by atoms with E-state index in [-0.39, 0.29) is 11.3 Å². The highest BCUT2D eigenvalue weighted by Gasteiger charge is 2.55. The summed E-state index contributed by atoms with van der Waals surface area (Å²) >= 11 is 0. The second-order valence-corrected chi connectivity index (χ2v) is 5.44. The van der Waals surface area contributed by atoms with Crippen molar-refractivity contribution in [1.82, 2.24) is 4.90 Å². The van der Waals surface area contributed by atoms with Gasteiger partial charge in [0.15, 0.2) is 5.60 Å². The molecule has 1 unspecified atom stereocenters. The molecule has 1 aliphatic rings. The van der Waals surface area contributed by atoms with Crippen molar-refractivity contribution in [3.63, 3.8) is 0 Å². The second kappa shape index (κ2) is 6.73. The molecule has 0 spiro atoms. The highest BCUT2D eigenvalue weighted by molar-refractivity contribution is 5.86. The number of nitro benzene ring substituents is 1. The number of para-hydroxylation sites is 1. The van der Waals surface area contributed by atoms with E-state index in [9.17, 15) is 29.6 Å². The molecular weight excluding hydrogens is 340 g/mol. The van der Waals surface area contributed by atoms with Crippen LogP contribution in [0.15, 0.2) is 24.3 Å². The zero-order chi connectivity index (χ0) is 18.8.